The van der Waals surface area contributed by atoms with Gasteiger partial charge in [-0.25, -0.2) is 0 Å². The van der Waals surface area contributed by atoms with Crippen molar-refractivity contribution in [2.45, 2.75) is 19.4 Å². The number of hydrogen-bond acceptors (Lipinski definition) is 4. The highest BCUT2D eigenvalue weighted by Crippen LogP contribution is 2.24. The first-order chi connectivity index (χ1) is 11.1. The van der Waals surface area contributed by atoms with Crippen LogP contribution < -0.4 is 5.32 Å². The van der Waals surface area contributed by atoms with Crippen molar-refractivity contribution in [1.29, 1.82) is 0 Å². The Hall–Kier alpha value is -3.05. The molecule has 23 heavy (non-hydrogen) atoms. The van der Waals surface area contributed by atoms with Crippen LogP contribution in [0.2, 0.25) is 0 Å². The maximum absolute atomic E-state index is 11.1. The number of nitrogens with zero attached hydrogens (tertiary/aromatic N) is 4. The summed E-state index contributed by atoms with van der Waals surface area (Å²) in [7, 11) is 0. The number of nitrogens with one attached hydrogen (secondary N) is 1. The van der Waals surface area contributed by atoms with Crippen molar-refractivity contribution in [3.05, 3.63) is 80.2 Å². The zero-order chi connectivity index (χ0) is 16.7. The first-order valence-corrected chi connectivity index (χ1v) is 7.16. The predicted octanol–water partition coefficient (Wildman–Crippen LogP) is 4.24. The van der Waals surface area contributed by atoms with Crippen LogP contribution in [0.4, 0.5) is 11.4 Å². The van der Waals surface area contributed by atoms with Crippen molar-refractivity contribution in [3.8, 4) is 0 Å². The average Bonchev–Trinajstić information content (AvgIpc) is 2.55. The van der Waals surface area contributed by atoms with E-state index in [4.69, 9.17) is 5.53 Å². The fraction of sp³-hybridized carbons (Fsp3) is 0.250. The highest BCUT2D eigenvalue weighted by Gasteiger charge is 2.16. The molecule has 0 aliphatic rings. The SMILES string of the molecule is Cc1ccc(CC(CN=[N+]=[N-])Nc2ccccc2[N+](=O)[O-])cc1. The molecule has 0 bridgehead atoms. The van der Waals surface area contributed by atoms with E-state index in [0.29, 0.717) is 12.1 Å². The maximum atomic E-state index is 11.1. The molecular formula is C16H17N5O2. The summed E-state index contributed by atoms with van der Waals surface area (Å²) in [6.45, 7) is 2.21. The van der Waals surface area contributed by atoms with Gasteiger partial charge in [-0.1, -0.05) is 47.1 Å². The average molecular weight is 311 g/mol. The highest BCUT2D eigenvalue weighted by molar-refractivity contribution is 5.61. The number of aryl methyl sites for hydroxylation is 1. The molecule has 7 heteroatoms. The molecule has 0 amide bonds. The van der Waals surface area contributed by atoms with E-state index in [9.17, 15) is 10.1 Å². The topological polar surface area (TPSA) is 104 Å². The van der Waals surface area contributed by atoms with E-state index in [1.807, 2.05) is 31.2 Å². The zero-order valence-electron chi connectivity index (χ0n) is 12.7. The molecule has 2 rings (SSSR count). The first kappa shape index (κ1) is 16.3. The van der Waals surface area contributed by atoms with Gasteiger partial charge in [0.2, 0.25) is 0 Å². The van der Waals surface area contributed by atoms with Crippen LogP contribution in [0.5, 0.6) is 0 Å². The molecule has 1 atom stereocenters. The van der Waals surface area contributed by atoms with Gasteiger partial charge >= 0.3 is 0 Å². The molecule has 2 aromatic rings. The summed E-state index contributed by atoms with van der Waals surface area (Å²) in [6.07, 6.45) is 0.603. The van der Waals surface area contributed by atoms with Crippen molar-refractivity contribution in [2.75, 3.05) is 11.9 Å². The van der Waals surface area contributed by atoms with Gasteiger partial charge in [0, 0.05) is 23.6 Å². The maximum Gasteiger partial charge on any atom is 0.292 e. The second-order valence-corrected chi connectivity index (χ2v) is 5.22. The zero-order valence-corrected chi connectivity index (χ0v) is 12.7. The van der Waals surface area contributed by atoms with Gasteiger partial charge < -0.3 is 5.32 Å². The number of anilines is 1. The summed E-state index contributed by atoms with van der Waals surface area (Å²) in [4.78, 5) is 13.4. The number of nitro groups is 1. The third kappa shape index (κ3) is 4.72. The molecule has 0 saturated heterocycles. The molecule has 2 aromatic carbocycles. The molecule has 0 aromatic heterocycles. The molecular weight excluding hydrogens is 294 g/mol. The molecule has 0 saturated carbocycles. The summed E-state index contributed by atoms with van der Waals surface area (Å²) >= 11 is 0. The lowest BCUT2D eigenvalue weighted by Gasteiger charge is -2.18. The highest BCUT2D eigenvalue weighted by atomic mass is 16.6. The van der Waals surface area contributed by atoms with E-state index in [0.717, 1.165) is 11.1 Å². The number of azide groups is 1. The minimum Gasteiger partial charge on any atom is -0.376 e. The number of nitro benzene ring substituents is 1. The van der Waals surface area contributed by atoms with Crippen LogP contribution >= 0.6 is 0 Å². The molecule has 0 spiro atoms. The minimum atomic E-state index is -0.432. The monoisotopic (exact) mass is 311 g/mol. The smallest absolute Gasteiger partial charge is 0.292 e. The summed E-state index contributed by atoms with van der Waals surface area (Å²) in [5.41, 5.74) is 11.2. The fourth-order valence-corrected chi connectivity index (χ4v) is 2.28. The molecule has 1 N–H and O–H groups in total. The van der Waals surface area contributed by atoms with Crippen molar-refractivity contribution in [1.82, 2.24) is 0 Å². The van der Waals surface area contributed by atoms with Crippen LogP contribution in [-0.2, 0) is 6.42 Å². The van der Waals surface area contributed by atoms with Crippen LogP contribution in [0.15, 0.2) is 53.6 Å². The van der Waals surface area contributed by atoms with E-state index in [2.05, 4.69) is 15.3 Å². The van der Waals surface area contributed by atoms with E-state index < -0.39 is 4.92 Å². The third-order valence-electron chi connectivity index (χ3n) is 3.43. The Bertz CT molecular complexity index is 724. The Morgan fingerprint density at radius 2 is 1.96 bits per heavy atom. The van der Waals surface area contributed by atoms with E-state index in [-0.39, 0.29) is 18.3 Å². The summed E-state index contributed by atoms with van der Waals surface area (Å²) in [5.74, 6) is 0. The molecule has 1 unspecified atom stereocenters. The quantitative estimate of drug-likeness (QED) is 0.272. The van der Waals surface area contributed by atoms with Crippen LogP contribution in [0.1, 0.15) is 11.1 Å². The Balaban J connectivity index is 2.20. The largest absolute Gasteiger partial charge is 0.376 e. The Morgan fingerprint density at radius 3 is 2.61 bits per heavy atom. The summed E-state index contributed by atoms with van der Waals surface area (Å²) in [6, 6.07) is 14.2. The normalized spacial score (nSPS) is 11.3. The number of benzene rings is 2. The first-order valence-electron chi connectivity index (χ1n) is 7.16. The van der Waals surface area contributed by atoms with E-state index in [1.54, 1.807) is 18.2 Å². The van der Waals surface area contributed by atoms with E-state index in [1.165, 1.54) is 6.07 Å². The van der Waals surface area contributed by atoms with Gasteiger partial charge in [-0.2, -0.15) is 0 Å². The van der Waals surface area contributed by atoms with Crippen LogP contribution in [0.3, 0.4) is 0 Å². The van der Waals surface area contributed by atoms with Crippen molar-refractivity contribution in [2.24, 2.45) is 5.11 Å². The lowest BCUT2D eigenvalue weighted by molar-refractivity contribution is -0.384. The Labute approximate surface area is 133 Å². The standard InChI is InChI=1S/C16H17N5O2/c1-12-6-8-13(9-7-12)10-14(11-18-20-17)19-15-4-2-3-5-16(15)21(22)23/h2-9,14,19H,10-11H2,1H3. The number of para-hydroxylation sites is 2. The third-order valence-corrected chi connectivity index (χ3v) is 3.43. The van der Waals surface area contributed by atoms with Crippen LogP contribution in [0, 0.1) is 17.0 Å². The van der Waals surface area contributed by atoms with Crippen LogP contribution in [-0.4, -0.2) is 17.5 Å². The second-order valence-electron chi connectivity index (χ2n) is 5.22. The van der Waals surface area contributed by atoms with Gasteiger partial charge in [0.1, 0.15) is 5.69 Å². The summed E-state index contributed by atoms with van der Waals surface area (Å²) in [5, 5.41) is 17.8. The summed E-state index contributed by atoms with van der Waals surface area (Å²) < 4.78 is 0. The lowest BCUT2D eigenvalue weighted by atomic mass is 10.0. The van der Waals surface area contributed by atoms with Gasteiger partial charge in [-0.15, -0.1) is 0 Å². The van der Waals surface area contributed by atoms with Gasteiger partial charge in [-0.05, 0) is 30.5 Å². The van der Waals surface area contributed by atoms with E-state index >= 15 is 0 Å². The number of hydrogen-bond donors (Lipinski definition) is 1. The Morgan fingerprint density at radius 1 is 1.26 bits per heavy atom. The van der Waals surface area contributed by atoms with Crippen LogP contribution in [0.25, 0.3) is 10.4 Å². The Kier molecular flexibility index (Phi) is 5.55. The number of rotatable bonds is 7. The second kappa shape index (κ2) is 7.82. The van der Waals surface area contributed by atoms with Gasteiger partial charge in [0.25, 0.3) is 5.69 Å². The molecule has 0 fully saturated rings. The van der Waals surface area contributed by atoms with Crippen molar-refractivity contribution >= 4 is 11.4 Å². The van der Waals surface area contributed by atoms with Gasteiger partial charge in [0.15, 0.2) is 0 Å². The lowest BCUT2D eigenvalue weighted by Crippen LogP contribution is -2.25. The molecule has 0 aliphatic heterocycles. The fourth-order valence-electron chi connectivity index (χ4n) is 2.28. The molecule has 118 valence electrons. The predicted molar refractivity (Wildman–Crippen MR) is 89.4 cm³/mol. The van der Waals surface area contributed by atoms with Crippen molar-refractivity contribution in [3.63, 3.8) is 0 Å². The molecule has 0 radical (unpaired) electrons. The van der Waals surface area contributed by atoms with Crippen molar-refractivity contribution < 1.29 is 4.92 Å². The van der Waals surface area contributed by atoms with Gasteiger partial charge in [-0.3, -0.25) is 10.1 Å². The van der Waals surface area contributed by atoms with Gasteiger partial charge in [0.05, 0.1) is 4.92 Å². The minimum absolute atomic E-state index is 0.00217. The molecule has 7 nitrogen and oxygen atoms in total. The molecule has 0 heterocycles. The molecule has 0 aliphatic carbocycles.